The van der Waals surface area contributed by atoms with E-state index in [4.69, 9.17) is 9.47 Å². The van der Waals surface area contributed by atoms with Gasteiger partial charge >= 0.3 is 0 Å². The monoisotopic (exact) mass is 289 g/mol. The van der Waals surface area contributed by atoms with E-state index in [9.17, 15) is 4.79 Å². The summed E-state index contributed by atoms with van der Waals surface area (Å²) in [5, 5.41) is 7.84. The lowest BCUT2D eigenvalue weighted by molar-refractivity contribution is 0.0357. The summed E-state index contributed by atoms with van der Waals surface area (Å²) < 4.78 is 11.0. The maximum absolute atomic E-state index is 11.7. The highest BCUT2D eigenvalue weighted by Crippen LogP contribution is 2.19. The molecule has 3 rings (SSSR count). The van der Waals surface area contributed by atoms with Crippen LogP contribution in [-0.2, 0) is 4.74 Å². The normalized spacial score (nSPS) is 16.2. The van der Waals surface area contributed by atoms with Crippen LogP contribution in [0.25, 0.3) is 10.8 Å². The zero-order valence-corrected chi connectivity index (χ0v) is 11.9. The summed E-state index contributed by atoms with van der Waals surface area (Å²) in [4.78, 5) is 14.0. The van der Waals surface area contributed by atoms with Crippen molar-refractivity contribution in [2.45, 2.75) is 6.42 Å². The summed E-state index contributed by atoms with van der Waals surface area (Å²) in [5.74, 6) is 0.493. The molecule has 0 amide bonds. The molecule has 0 atom stereocenters. The number of nitrogens with one attached hydrogen (secondary N) is 1. The van der Waals surface area contributed by atoms with Crippen molar-refractivity contribution in [1.82, 2.24) is 15.1 Å². The molecule has 21 heavy (non-hydrogen) atoms. The number of hydrogen-bond acceptors (Lipinski definition) is 5. The summed E-state index contributed by atoms with van der Waals surface area (Å²) in [6.45, 7) is 5.17. The largest absolute Gasteiger partial charge is 0.476 e. The minimum absolute atomic E-state index is 0.189. The second kappa shape index (κ2) is 6.69. The lowest BCUT2D eigenvalue weighted by Crippen LogP contribution is -2.37. The van der Waals surface area contributed by atoms with Crippen LogP contribution in [0.1, 0.15) is 6.42 Å². The average molecular weight is 289 g/mol. The second-order valence-electron chi connectivity index (χ2n) is 5.06. The highest BCUT2D eigenvalue weighted by Gasteiger charge is 2.10. The molecule has 1 aromatic heterocycles. The number of fused-ring (bicyclic) bond motifs is 1. The van der Waals surface area contributed by atoms with Gasteiger partial charge in [0.05, 0.1) is 30.6 Å². The molecule has 0 bridgehead atoms. The highest BCUT2D eigenvalue weighted by atomic mass is 16.5. The van der Waals surface area contributed by atoms with Crippen molar-refractivity contribution >= 4 is 10.8 Å². The number of benzene rings is 1. The van der Waals surface area contributed by atoms with E-state index < -0.39 is 0 Å². The molecule has 112 valence electrons. The van der Waals surface area contributed by atoms with Crippen LogP contribution in [-0.4, -0.2) is 54.6 Å². The minimum atomic E-state index is -0.189. The van der Waals surface area contributed by atoms with E-state index in [0.29, 0.717) is 17.9 Å². The van der Waals surface area contributed by atoms with Crippen molar-refractivity contribution in [3.8, 4) is 5.88 Å². The van der Waals surface area contributed by atoms with Crippen LogP contribution in [0.3, 0.4) is 0 Å². The molecule has 1 saturated heterocycles. The van der Waals surface area contributed by atoms with Gasteiger partial charge in [-0.15, -0.1) is 5.10 Å². The smallest absolute Gasteiger partial charge is 0.272 e. The molecule has 1 aliphatic rings. The number of hydrogen-bond donors (Lipinski definition) is 1. The standard InChI is InChI=1S/C15H19N3O3/c19-14-12-4-1-2-5-13(12)15(17-16-14)21-9-3-6-18-7-10-20-11-8-18/h1-2,4-5H,3,6-11H2,(H,16,19). The third kappa shape index (κ3) is 3.40. The van der Waals surface area contributed by atoms with E-state index in [1.54, 1.807) is 6.07 Å². The summed E-state index contributed by atoms with van der Waals surface area (Å²) >= 11 is 0. The second-order valence-corrected chi connectivity index (χ2v) is 5.06. The molecular formula is C15H19N3O3. The molecule has 0 radical (unpaired) electrons. The van der Waals surface area contributed by atoms with Gasteiger partial charge in [0.25, 0.3) is 5.56 Å². The molecule has 0 unspecified atom stereocenters. The molecule has 2 aromatic rings. The molecule has 6 heteroatoms. The van der Waals surface area contributed by atoms with Crippen LogP contribution >= 0.6 is 0 Å². The van der Waals surface area contributed by atoms with Crippen molar-refractivity contribution in [1.29, 1.82) is 0 Å². The SMILES string of the molecule is O=c1[nH]nc(OCCCN2CCOCC2)c2ccccc12. The molecule has 1 fully saturated rings. The predicted octanol–water partition coefficient (Wildman–Crippen LogP) is 1.02. The molecule has 2 heterocycles. The van der Waals surface area contributed by atoms with Crippen LogP contribution in [0.5, 0.6) is 5.88 Å². The van der Waals surface area contributed by atoms with Crippen LogP contribution in [0, 0.1) is 0 Å². The zero-order chi connectivity index (χ0) is 14.5. The van der Waals surface area contributed by atoms with Gasteiger partial charge in [-0.25, -0.2) is 5.10 Å². The number of ether oxygens (including phenoxy) is 2. The number of H-pyrrole nitrogens is 1. The fourth-order valence-electron chi connectivity index (χ4n) is 2.48. The van der Waals surface area contributed by atoms with E-state index >= 15 is 0 Å². The Labute approximate surface area is 122 Å². The number of morpholine rings is 1. The topological polar surface area (TPSA) is 67.5 Å². The maximum atomic E-state index is 11.7. The lowest BCUT2D eigenvalue weighted by Gasteiger charge is -2.26. The van der Waals surface area contributed by atoms with Gasteiger partial charge < -0.3 is 9.47 Å². The van der Waals surface area contributed by atoms with Gasteiger partial charge in [0.1, 0.15) is 0 Å². The molecule has 1 aliphatic heterocycles. The van der Waals surface area contributed by atoms with E-state index in [2.05, 4.69) is 15.1 Å². The predicted molar refractivity (Wildman–Crippen MR) is 79.7 cm³/mol. The Balaban J connectivity index is 1.58. The summed E-state index contributed by atoms with van der Waals surface area (Å²) in [6, 6.07) is 7.34. The number of aromatic amines is 1. The van der Waals surface area contributed by atoms with Crippen molar-refractivity contribution in [2.24, 2.45) is 0 Å². The fourth-order valence-corrected chi connectivity index (χ4v) is 2.48. The van der Waals surface area contributed by atoms with E-state index in [1.807, 2.05) is 18.2 Å². The average Bonchev–Trinajstić information content (AvgIpc) is 2.55. The van der Waals surface area contributed by atoms with Gasteiger partial charge in [0.2, 0.25) is 5.88 Å². The zero-order valence-electron chi connectivity index (χ0n) is 11.9. The van der Waals surface area contributed by atoms with Crippen LogP contribution in [0.2, 0.25) is 0 Å². The Kier molecular flexibility index (Phi) is 4.47. The minimum Gasteiger partial charge on any atom is -0.476 e. The Morgan fingerprint density at radius 2 is 2.00 bits per heavy atom. The van der Waals surface area contributed by atoms with E-state index in [0.717, 1.165) is 44.7 Å². The highest BCUT2D eigenvalue weighted by molar-refractivity contribution is 5.85. The van der Waals surface area contributed by atoms with Gasteiger partial charge in [0, 0.05) is 19.6 Å². The Morgan fingerprint density at radius 1 is 1.24 bits per heavy atom. The first kappa shape index (κ1) is 14.0. The lowest BCUT2D eigenvalue weighted by atomic mass is 10.2. The van der Waals surface area contributed by atoms with E-state index in [-0.39, 0.29) is 5.56 Å². The Hall–Kier alpha value is -1.92. The van der Waals surface area contributed by atoms with Crippen LogP contribution in [0.4, 0.5) is 0 Å². The molecule has 6 nitrogen and oxygen atoms in total. The van der Waals surface area contributed by atoms with Gasteiger partial charge in [-0.2, -0.15) is 0 Å². The van der Waals surface area contributed by atoms with Gasteiger partial charge in [-0.1, -0.05) is 12.1 Å². The first-order chi connectivity index (χ1) is 10.3. The molecule has 1 aromatic carbocycles. The molecular weight excluding hydrogens is 270 g/mol. The third-order valence-corrected chi connectivity index (χ3v) is 3.62. The molecule has 0 saturated carbocycles. The van der Waals surface area contributed by atoms with Crippen molar-refractivity contribution in [2.75, 3.05) is 39.5 Å². The van der Waals surface area contributed by atoms with Crippen LogP contribution in [0.15, 0.2) is 29.1 Å². The Morgan fingerprint density at radius 3 is 2.81 bits per heavy atom. The first-order valence-corrected chi connectivity index (χ1v) is 7.25. The van der Waals surface area contributed by atoms with Gasteiger partial charge in [-0.3, -0.25) is 9.69 Å². The summed E-state index contributed by atoms with van der Waals surface area (Å²) in [7, 11) is 0. The van der Waals surface area contributed by atoms with Gasteiger partial charge in [0.15, 0.2) is 0 Å². The van der Waals surface area contributed by atoms with Crippen LogP contribution < -0.4 is 10.3 Å². The van der Waals surface area contributed by atoms with Gasteiger partial charge in [-0.05, 0) is 18.6 Å². The first-order valence-electron chi connectivity index (χ1n) is 7.25. The molecule has 0 aliphatic carbocycles. The quantitative estimate of drug-likeness (QED) is 0.833. The van der Waals surface area contributed by atoms with E-state index in [1.165, 1.54) is 0 Å². The third-order valence-electron chi connectivity index (χ3n) is 3.62. The number of nitrogens with zero attached hydrogens (tertiary/aromatic N) is 2. The van der Waals surface area contributed by atoms with Crippen molar-refractivity contribution < 1.29 is 9.47 Å². The van der Waals surface area contributed by atoms with Crippen molar-refractivity contribution in [3.63, 3.8) is 0 Å². The summed E-state index contributed by atoms with van der Waals surface area (Å²) in [5.41, 5.74) is -0.189. The number of aromatic nitrogens is 2. The van der Waals surface area contributed by atoms with Crippen molar-refractivity contribution in [3.05, 3.63) is 34.6 Å². The molecule has 1 N–H and O–H groups in total. The Bertz CT molecular complexity index is 650. The molecule has 0 spiro atoms. The fraction of sp³-hybridized carbons (Fsp3) is 0.467. The maximum Gasteiger partial charge on any atom is 0.272 e. The number of rotatable bonds is 5. The summed E-state index contributed by atoms with van der Waals surface area (Å²) in [6.07, 6.45) is 0.926.